The number of aromatic amines is 2. The zero-order chi connectivity index (χ0) is 18.1. The molecule has 8 heteroatoms. The summed E-state index contributed by atoms with van der Waals surface area (Å²) in [6.45, 7) is 1.65. The van der Waals surface area contributed by atoms with Crippen LogP contribution in [-0.2, 0) is 11.2 Å². The van der Waals surface area contributed by atoms with Gasteiger partial charge in [-0.15, -0.1) is 5.10 Å². The number of aryl methyl sites for hydroxylation is 1. The molecule has 7 nitrogen and oxygen atoms in total. The minimum Gasteiger partial charge on any atom is -0.352 e. The molecule has 3 N–H and O–H groups in total. The summed E-state index contributed by atoms with van der Waals surface area (Å²) < 4.78 is 13.4. The molecule has 0 aliphatic heterocycles. The molecule has 2 aromatic carbocycles. The number of nitrogens with zero attached hydrogens (tertiary/aromatic N) is 3. The average Bonchev–Trinajstić information content (AvgIpc) is 3.26. The molecule has 0 fully saturated rings. The maximum Gasteiger partial charge on any atom is 0.228 e. The van der Waals surface area contributed by atoms with Gasteiger partial charge in [0, 0.05) is 16.6 Å². The topological polar surface area (TPSA) is 99.3 Å². The second kappa shape index (κ2) is 6.40. The van der Waals surface area contributed by atoms with Crippen LogP contribution in [0.5, 0.6) is 0 Å². The summed E-state index contributed by atoms with van der Waals surface area (Å²) in [5, 5.41) is 17.6. The van der Waals surface area contributed by atoms with E-state index < -0.39 is 0 Å². The monoisotopic (exact) mass is 350 g/mol. The second-order valence-electron chi connectivity index (χ2n) is 5.96. The third-order valence-corrected chi connectivity index (χ3v) is 4.17. The highest BCUT2D eigenvalue weighted by Crippen LogP contribution is 2.28. The van der Waals surface area contributed by atoms with Crippen molar-refractivity contribution in [2.45, 2.75) is 13.3 Å². The molecule has 0 bridgehead atoms. The lowest BCUT2D eigenvalue weighted by Gasteiger charge is -2.07. The molecule has 0 saturated heterocycles. The Labute approximate surface area is 147 Å². The van der Waals surface area contributed by atoms with E-state index in [2.05, 4.69) is 30.9 Å². The lowest BCUT2D eigenvalue weighted by atomic mass is 10.1. The van der Waals surface area contributed by atoms with Crippen LogP contribution in [0.15, 0.2) is 42.5 Å². The number of nitrogens with one attached hydrogen (secondary N) is 3. The third-order valence-electron chi connectivity index (χ3n) is 4.17. The van der Waals surface area contributed by atoms with Crippen molar-refractivity contribution in [1.82, 2.24) is 25.6 Å². The Balaban J connectivity index is 1.66. The van der Waals surface area contributed by atoms with Gasteiger partial charge in [0.2, 0.25) is 5.91 Å². The van der Waals surface area contributed by atoms with E-state index in [0.29, 0.717) is 22.8 Å². The van der Waals surface area contributed by atoms with E-state index >= 15 is 0 Å². The van der Waals surface area contributed by atoms with Crippen LogP contribution in [0.4, 0.5) is 10.1 Å². The number of tetrazole rings is 1. The Morgan fingerprint density at radius 1 is 1.23 bits per heavy atom. The van der Waals surface area contributed by atoms with Crippen LogP contribution >= 0.6 is 0 Å². The van der Waals surface area contributed by atoms with Gasteiger partial charge in [-0.1, -0.05) is 18.2 Å². The number of amides is 1. The first-order chi connectivity index (χ1) is 12.6. The van der Waals surface area contributed by atoms with Gasteiger partial charge in [0.25, 0.3) is 0 Å². The first kappa shape index (κ1) is 15.9. The molecule has 0 unspecified atom stereocenters. The smallest absolute Gasteiger partial charge is 0.228 e. The minimum absolute atomic E-state index is 0.121. The molecule has 26 heavy (non-hydrogen) atoms. The molecule has 4 aromatic rings. The normalized spacial score (nSPS) is 11.0. The summed E-state index contributed by atoms with van der Waals surface area (Å²) >= 11 is 0. The standard InChI is InChI=1S/C18H15FN6O/c1-10-8-11(6-7-14(10)19)20-16(26)9-13-12-4-2-3-5-15(12)21-17(13)18-22-24-25-23-18/h2-8,21H,9H2,1H3,(H,20,26)(H,22,23,24,25). The van der Waals surface area contributed by atoms with E-state index in [4.69, 9.17) is 0 Å². The lowest BCUT2D eigenvalue weighted by molar-refractivity contribution is -0.115. The average molecular weight is 350 g/mol. The predicted octanol–water partition coefficient (Wildman–Crippen LogP) is 2.98. The molecule has 130 valence electrons. The first-order valence-corrected chi connectivity index (χ1v) is 8.01. The number of hydrogen-bond acceptors (Lipinski definition) is 4. The maximum absolute atomic E-state index is 13.4. The third kappa shape index (κ3) is 2.92. The van der Waals surface area contributed by atoms with Crippen molar-refractivity contribution in [3.63, 3.8) is 0 Å². The van der Waals surface area contributed by atoms with Crippen LogP contribution in [0.3, 0.4) is 0 Å². The van der Waals surface area contributed by atoms with Crippen LogP contribution in [0.2, 0.25) is 0 Å². The number of fused-ring (bicyclic) bond motifs is 1. The number of carbonyl (C=O) groups is 1. The fraction of sp³-hybridized carbons (Fsp3) is 0.111. The fourth-order valence-electron chi connectivity index (χ4n) is 2.94. The highest BCUT2D eigenvalue weighted by Gasteiger charge is 2.18. The zero-order valence-corrected chi connectivity index (χ0v) is 13.9. The predicted molar refractivity (Wildman–Crippen MR) is 94.9 cm³/mol. The van der Waals surface area contributed by atoms with Crippen LogP contribution < -0.4 is 5.32 Å². The quantitative estimate of drug-likeness (QED) is 0.527. The van der Waals surface area contributed by atoms with Gasteiger partial charge in [0.15, 0.2) is 5.82 Å². The molecule has 0 radical (unpaired) electrons. The van der Waals surface area contributed by atoms with Crippen molar-refractivity contribution < 1.29 is 9.18 Å². The van der Waals surface area contributed by atoms with Gasteiger partial charge in [-0.2, -0.15) is 0 Å². The molecule has 0 saturated carbocycles. The maximum atomic E-state index is 13.4. The number of aromatic nitrogens is 5. The summed E-state index contributed by atoms with van der Waals surface area (Å²) in [6, 6.07) is 12.1. The minimum atomic E-state index is -0.306. The highest BCUT2D eigenvalue weighted by molar-refractivity contribution is 5.98. The van der Waals surface area contributed by atoms with Gasteiger partial charge in [-0.25, -0.2) is 9.49 Å². The molecule has 2 aromatic heterocycles. The number of carbonyl (C=O) groups excluding carboxylic acids is 1. The van der Waals surface area contributed by atoms with E-state index in [-0.39, 0.29) is 18.1 Å². The molecular weight excluding hydrogens is 335 g/mol. The van der Waals surface area contributed by atoms with Gasteiger partial charge >= 0.3 is 0 Å². The molecule has 0 aliphatic carbocycles. The van der Waals surface area contributed by atoms with Gasteiger partial charge < -0.3 is 10.3 Å². The fourth-order valence-corrected chi connectivity index (χ4v) is 2.94. The molecule has 4 rings (SSSR count). The number of halogens is 1. The van der Waals surface area contributed by atoms with E-state index in [1.54, 1.807) is 13.0 Å². The zero-order valence-electron chi connectivity index (χ0n) is 13.9. The number of hydrogen-bond donors (Lipinski definition) is 3. The second-order valence-corrected chi connectivity index (χ2v) is 5.96. The van der Waals surface area contributed by atoms with Crippen molar-refractivity contribution in [3.8, 4) is 11.5 Å². The van der Waals surface area contributed by atoms with Crippen LogP contribution in [0.25, 0.3) is 22.4 Å². The van der Waals surface area contributed by atoms with Crippen LogP contribution in [0, 0.1) is 12.7 Å². The molecule has 1 amide bonds. The summed E-state index contributed by atoms with van der Waals surface area (Å²) in [5.74, 6) is -0.0594. The first-order valence-electron chi connectivity index (χ1n) is 8.01. The van der Waals surface area contributed by atoms with Crippen LogP contribution in [-0.4, -0.2) is 31.5 Å². The van der Waals surface area contributed by atoms with Crippen molar-refractivity contribution in [1.29, 1.82) is 0 Å². The largest absolute Gasteiger partial charge is 0.352 e. The summed E-state index contributed by atoms with van der Waals surface area (Å²) in [6.07, 6.45) is 0.121. The van der Waals surface area contributed by atoms with Crippen molar-refractivity contribution >= 4 is 22.5 Å². The van der Waals surface area contributed by atoms with Gasteiger partial charge in [0.1, 0.15) is 5.82 Å². The Hall–Kier alpha value is -3.55. The van der Waals surface area contributed by atoms with Gasteiger partial charge in [-0.05, 0) is 52.7 Å². The summed E-state index contributed by atoms with van der Waals surface area (Å²) in [5.41, 5.74) is 3.37. The van der Waals surface area contributed by atoms with Gasteiger partial charge in [-0.3, -0.25) is 4.79 Å². The number of benzene rings is 2. The van der Waals surface area contributed by atoms with Gasteiger partial charge in [0.05, 0.1) is 12.1 Å². The number of para-hydroxylation sites is 1. The summed E-state index contributed by atoms with van der Waals surface area (Å²) in [7, 11) is 0. The molecule has 0 aliphatic rings. The Kier molecular flexibility index (Phi) is 3.92. The highest BCUT2D eigenvalue weighted by atomic mass is 19.1. The van der Waals surface area contributed by atoms with E-state index in [1.807, 2.05) is 24.3 Å². The Morgan fingerprint density at radius 3 is 2.85 bits per heavy atom. The molecular formula is C18H15FN6O. The van der Waals surface area contributed by atoms with Crippen molar-refractivity contribution in [3.05, 3.63) is 59.4 Å². The molecule has 0 atom stereocenters. The number of rotatable bonds is 4. The van der Waals surface area contributed by atoms with Crippen molar-refractivity contribution in [2.24, 2.45) is 0 Å². The molecule has 2 heterocycles. The SMILES string of the molecule is Cc1cc(NC(=O)Cc2c(-c3nnn[nH]3)[nH]c3ccccc23)ccc1F. The van der Waals surface area contributed by atoms with E-state index in [9.17, 15) is 9.18 Å². The number of anilines is 1. The molecule has 0 spiro atoms. The lowest BCUT2D eigenvalue weighted by Crippen LogP contribution is -2.15. The number of H-pyrrole nitrogens is 2. The van der Waals surface area contributed by atoms with E-state index in [1.165, 1.54) is 12.1 Å². The summed E-state index contributed by atoms with van der Waals surface area (Å²) in [4.78, 5) is 15.8. The van der Waals surface area contributed by atoms with Crippen molar-refractivity contribution in [2.75, 3.05) is 5.32 Å². The Morgan fingerprint density at radius 2 is 2.08 bits per heavy atom. The van der Waals surface area contributed by atoms with E-state index in [0.717, 1.165) is 16.5 Å². The Bertz CT molecular complexity index is 1090. The van der Waals surface area contributed by atoms with Crippen LogP contribution in [0.1, 0.15) is 11.1 Å².